The van der Waals surface area contributed by atoms with Crippen molar-refractivity contribution in [3.05, 3.63) is 54.4 Å². The van der Waals surface area contributed by atoms with E-state index < -0.39 is 0 Å². The molecular formula is C14H14INO. The van der Waals surface area contributed by atoms with Gasteiger partial charge >= 0.3 is 0 Å². The second-order valence-electron chi connectivity index (χ2n) is 3.73. The third-order valence-electron chi connectivity index (χ3n) is 2.49. The predicted molar refractivity (Wildman–Crippen MR) is 77.8 cm³/mol. The van der Waals surface area contributed by atoms with Gasteiger partial charge in [-0.25, -0.2) is 0 Å². The molecule has 0 radical (unpaired) electrons. The SMILES string of the molecule is CCC(I)c1ccc(Oc2ccncc2)cc1. The molecule has 0 aliphatic carbocycles. The van der Waals surface area contributed by atoms with Crippen LogP contribution in [0.25, 0.3) is 0 Å². The third-order valence-corrected chi connectivity index (χ3v) is 4.09. The standard InChI is InChI=1S/C14H14INO/c1-2-14(15)11-3-5-12(6-4-11)17-13-7-9-16-10-8-13/h3-10,14H,2H2,1H3. The first-order valence-electron chi connectivity index (χ1n) is 5.61. The molecule has 2 aromatic rings. The van der Waals surface area contributed by atoms with Crippen LogP contribution in [-0.4, -0.2) is 4.98 Å². The molecular weight excluding hydrogens is 325 g/mol. The van der Waals surface area contributed by atoms with Gasteiger partial charge in [0.25, 0.3) is 0 Å². The van der Waals surface area contributed by atoms with Crippen molar-refractivity contribution >= 4 is 22.6 Å². The van der Waals surface area contributed by atoms with Crippen LogP contribution < -0.4 is 4.74 Å². The normalized spacial score (nSPS) is 12.1. The van der Waals surface area contributed by atoms with Crippen molar-refractivity contribution in [1.82, 2.24) is 4.98 Å². The monoisotopic (exact) mass is 339 g/mol. The minimum Gasteiger partial charge on any atom is -0.457 e. The van der Waals surface area contributed by atoms with Gasteiger partial charge in [0.15, 0.2) is 0 Å². The zero-order valence-electron chi connectivity index (χ0n) is 9.64. The van der Waals surface area contributed by atoms with Crippen LogP contribution in [0, 0.1) is 0 Å². The number of pyridine rings is 1. The van der Waals surface area contributed by atoms with Crippen molar-refractivity contribution in [3.63, 3.8) is 0 Å². The fraction of sp³-hybridized carbons (Fsp3) is 0.214. The van der Waals surface area contributed by atoms with Gasteiger partial charge in [0.2, 0.25) is 0 Å². The Morgan fingerprint density at radius 3 is 2.24 bits per heavy atom. The first-order chi connectivity index (χ1) is 8.29. The van der Waals surface area contributed by atoms with E-state index >= 15 is 0 Å². The number of rotatable bonds is 4. The smallest absolute Gasteiger partial charge is 0.130 e. The highest BCUT2D eigenvalue weighted by Gasteiger charge is 2.04. The van der Waals surface area contributed by atoms with Gasteiger partial charge in [0.05, 0.1) is 0 Å². The lowest BCUT2D eigenvalue weighted by molar-refractivity contribution is 0.481. The van der Waals surface area contributed by atoms with Crippen LogP contribution in [0.4, 0.5) is 0 Å². The first-order valence-corrected chi connectivity index (χ1v) is 6.86. The average Bonchev–Trinajstić information content (AvgIpc) is 2.40. The Hall–Kier alpha value is -1.10. The Morgan fingerprint density at radius 1 is 1.06 bits per heavy atom. The maximum atomic E-state index is 5.70. The van der Waals surface area contributed by atoms with Crippen molar-refractivity contribution in [2.24, 2.45) is 0 Å². The van der Waals surface area contributed by atoms with Crippen LogP contribution >= 0.6 is 22.6 Å². The molecule has 0 N–H and O–H groups in total. The van der Waals surface area contributed by atoms with Crippen LogP contribution in [0.1, 0.15) is 22.8 Å². The zero-order chi connectivity index (χ0) is 12.1. The molecule has 88 valence electrons. The highest BCUT2D eigenvalue weighted by Crippen LogP contribution is 2.29. The van der Waals surface area contributed by atoms with Gasteiger partial charge in [0.1, 0.15) is 11.5 Å². The van der Waals surface area contributed by atoms with Crippen molar-refractivity contribution in [2.75, 3.05) is 0 Å². The van der Waals surface area contributed by atoms with Crippen molar-refractivity contribution in [3.8, 4) is 11.5 Å². The predicted octanol–water partition coefficient (Wildman–Crippen LogP) is 4.76. The molecule has 0 bridgehead atoms. The lowest BCUT2D eigenvalue weighted by Crippen LogP contribution is -1.88. The number of hydrogen-bond donors (Lipinski definition) is 0. The Bertz CT molecular complexity index is 455. The maximum absolute atomic E-state index is 5.70. The summed E-state index contributed by atoms with van der Waals surface area (Å²) in [5.41, 5.74) is 1.34. The molecule has 0 saturated carbocycles. The Balaban J connectivity index is 2.08. The summed E-state index contributed by atoms with van der Waals surface area (Å²) in [6.45, 7) is 2.19. The molecule has 1 heterocycles. The van der Waals surface area contributed by atoms with Gasteiger partial charge in [-0.2, -0.15) is 0 Å². The highest BCUT2D eigenvalue weighted by atomic mass is 127. The van der Waals surface area contributed by atoms with E-state index in [4.69, 9.17) is 4.74 Å². The van der Waals surface area contributed by atoms with Crippen molar-refractivity contribution < 1.29 is 4.74 Å². The molecule has 2 rings (SSSR count). The number of nitrogens with zero attached hydrogens (tertiary/aromatic N) is 1. The number of halogens is 1. The molecule has 0 amide bonds. The number of benzene rings is 1. The van der Waals surface area contributed by atoms with Crippen LogP contribution in [0.3, 0.4) is 0 Å². The quantitative estimate of drug-likeness (QED) is 0.592. The van der Waals surface area contributed by atoms with Crippen LogP contribution in [0.5, 0.6) is 11.5 Å². The molecule has 0 aliphatic rings. The number of aromatic nitrogens is 1. The molecule has 1 aromatic heterocycles. The first kappa shape index (κ1) is 12.4. The zero-order valence-corrected chi connectivity index (χ0v) is 11.8. The fourth-order valence-corrected chi connectivity index (χ4v) is 1.94. The Morgan fingerprint density at radius 2 is 1.65 bits per heavy atom. The molecule has 1 unspecified atom stereocenters. The summed E-state index contributed by atoms with van der Waals surface area (Å²) < 4.78 is 6.28. The number of alkyl halides is 1. The number of hydrogen-bond acceptors (Lipinski definition) is 2. The summed E-state index contributed by atoms with van der Waals surface area (Å²) in [5, 5.41) is 0. The summed E-state index contributed by atoms with van der Waals surface area (Å²) in [6.07, 6.45) is 4.59. The molecule has 0 saturated heterocycles. The molecule has 1 aromatic carbocycles. The summed E-state index contributed by atoms with van der Waals surface area (Å²) in [4.78, 5) is 3.95. The molecule has 1 atom stereocenters. The second-order valence-corrected chi connectivity index (χ2v) is 5.23. The number of ether oxygens (including phenoxy) is 1. The van der Waals surface area contributed by atoms with Gasteiger partial charge in [-0.15, -0.1) is 0 Å². The van der Waals surface area contributed by atoms with Crippen molar-refractivity contribution in [2.45, 2.75) is 17.3 Å². The molecule has 0 spiro atoms. The van der Waals surface area contributed by atoms with E-state index in [0.29, 0.717) is 3.92 Å². The van der Waals surface area contributed by atoms with E-state index in [-0.39, 0.29) is 0 Å². The lowest BCUT2D eigenvalue weighted by Gasteiger charge is -2.09. The van der Waals surface area contributed by atoms with E-state index in [1.807, 2.05) is 24.3 Å². The summed E-state index contributed by atoms with van der Waals surface area (Å²) in [6, 6.07) is 12.0. The summed E-state index contributed by atoms with van der Waals surface area (Å²) >= 11 is 2.46. The van der Waals surface area contributed by atoms with Crippen molar-refractivity contribution in [1.29, 1.82) is 0 Å². The molecule has 17 heavy (non-hydrogen) atoms. The van der Waals surface area contributed by atoms with E-state index in [1.165, 1.54) is 5.56 Å². The molecule has 0 fully saturated rings. The minimum absolute atomic E-state index is 0.572. The highest BCUT2D eigenvalue weighted by molar-refractivity contribution is 14.1. The average molecular weight is 339 g/mol. The Kier molecular flexibility index (Phi) is 4.36. The minimum atomic E-state index is 0.572. The van der Waals surface area contributed by atoms with Gasteiger partial charge in [-0.1, -0.05) is 41.6 Å². The van der Waals surface area contributed by atoms with Crippen LogP contribution in [0.2, 0.25) is 0 Å². The maximum Gasteiger partial charge on any atom is 0.130 e. The van der Waals surface area contributed by atoms with E-state index in [0.717, 1.165) is 17.9 Å². The topological polar surface area (TPSA) is 22.1 Å². The summed E-state index contributed by atoms with van der Waals surface area (Å²) in [5.74, 6) is 1.67. The van der Waals surface area contributed by atoms with Gasteiger partial charge in [-0.05, 0) is 36.2 Å². The van der Waals surface area contributed by atoms with Gasteiger partial charge in [0, 0.05) is 16.3 Å². The molecule has 2 nitrogen and oxygen atoms in total. The largest absolute Gasteiger partial charge is 0.457 e. The van der Waals surface area contributed by atoms with E-state index in [2.05, 4.69) is 46.6 Å². The summed E-state index contributed by atoms with van der Waals surface area (Å²) in [7, 11) is 0. The van der Waals surface area contributed by atoms with Gasteiger partial charge < -0.3 is 4.74 Å². The van der Waals surface area contributed by atoms with Gasteiger partial charge in [-0.3, -0.25) is 4.98 Å². The fourth-order valence-electron chi connectivity index (χ4n) is 1.52. The Labute approximate surface area is 115 Å². The molecule has 3 heteroatoms. The third kappa shape index (κ3) is 3.43. The van der Waals surface area contributed by atoms with E-state index in [1.54, 1.807) is 12.4 Å². The van der Waals surface area contributed by atoms with Crippen LogP contribution in [0.15, 0.2) is 48.8 Å². The van der Waals surface area contributed by atoms with Crippen LogP contribution in [-0.2, 0) is 0 Å². The van der Waals surface area contributed by atoms with E-state index in [9.17, 15) is 0 Å². The second kappa shape index (κ2) is 6.00. The lowest BCUT2D eigenvalue weighted by atomic mass is 10.1. The molecule has 0 aliphatic heterocycles.